The zero-order valence-corrected chi connectivity index (χ0v) is 36.0. The zero-order valence-electron chi connectivity index (χ0n) is 21.4. The Morgan fingerprint density at radius 2 is 1.41 bits per heavy atom. The first-order valence-corrected chi connectivity index (χ1v) is 13.2. The van der Waals surface area contributed by atoms with Crippen molar-refractivity contribution in [3.63, 3.8) is 0 Å². The minimum Gasteiger partial charge on any atom is 0 e. The van der Waals surface area contributed by atoms with Gasteiger partial charge in [0.25, 0.3) is 0 Å². The molecule has 1 atom stereocenters. The predicted molar refractivity (Wildman–Crippen MR) is 140 cm³/mol. The predicted octanol–water partition coefficient (Wildman–Crippen LogP) is 7.46. The first-order chi connectivity index (χ1) is 12.9. The molecule has 0 aliphatic carbocycles. The van der Waals surface area contributed by atoms with Gasteiger partial charge in [0.1, 0.15) is 0 Å². The van der Waals surface area contributed by atoms with E-state index in [4.69, 9.17) is 0 Å². The van der Waals surface area contributed by atoms with Crippen LogP contribution in [0.2, 0.25) is 3.97 Å². The van der Waals surface area contributed by atoms with Gasteiger partial charge in [-0.1, -0.05) is 0 Å². The molecule has 0 nitrogen and oxygen atoms in total. The van der Waals surface area contributed by atoms with Crippen LogP contribution in [0.25, 0.3) is 9.75 Å². The number of thiophene rings is 2. The van der Waals surface area contributed by atoms with Gasteiger partial charge in [0, 0.05) is 105 Å². The SMILES string of the molecule is C[CH-]C(C)(C)Cc1[c-]c(-c2sc(C(C)C)[c-]c2C[C](C)([Ga])[CH-]C)sc1C(C)C.[Ga].[Ga].[Y].[Y]. The van der Waals surface area contributed by atoms with Crippen LogP contribution >= 0.6 is 22.7 Å². The average molecular weight is 787 g/mol. The summed E-state index contributed by atoms with van der Waals surface area (Å²) in [5, 5.41) is 0. The topological polar surface area (TPSA) is 0 Å². The summed E-state index contributed by atoms with van der Waals surface area (Å²) >= 11 is 5.70. The summed E-state index contributed by atoms with van der Waals surface area (Å²) in [6.07, 6.45) is 6.80. The van der Waals surface area contributed by atoms with E-state index in [0.29, 0.717) is 11.8 Å². The van der Waals surface area contributed by atoms with Crippen LogP contribution in [0.5, 0.6) is 0 Å². The summed E-state index contributed by atoms with van der Waals surface area (Å²) in [5.41, 5.74) is 3.00. The van der Waals surface area contributed by atoms with Crippen LogP contribution in [0.15, 0.2) is 0 Å². The molecule has 0 spiro atoms. The zero-order chi connectivity index (χ0) is 21.3. The maximum atomic E-state index is 3.85. The molecular formula is C25H35Ga3S2Y2-4. The van der Waals surface area contributed by atoms with Gasteiger partial charge in [0.15, 0.2) is 0 Å². The van der Waals surface area contributed by atoms with Gasteiger partial charge < -0.3 is 0 Å². The smallest absolute Gasteiger partial charge is 0 e. The first-order valence-electron chi connectivity index (χ1n) is 10.4. The Hall–Kier alpha value is 3.52. The molecule has 0 fully saturated rings. The van der Waals surface area contributed by atoms with Gasteiger partial charge in [-0.25, -0.2) is 0 Å². The van der Waals surface area contributed by atoms with Gasteiger partial charge in [-0.05, 0) is 0 Å². The quantitative estimate of drug-likeness (QED) is 0.183. The summed E-state index contributed by atoms with van der Waals surface area (Å²) < 4.78 is 0.244. The fourth-order valence-corrected chi connectivity index (χ4v) is 5.90. The van der Waals surface area contributed by atoms with E-state index in [1.54, 1.807) is 18.6 Å². The second-order valence-corrected chi connectivity index (χ2v) is 14.4. The molecule has 0 aliphatic heterocycles. The number of rotatable bonds is 9. The Morgan fingerprint density at radius 1 is 0.844 bits per heavy atom. The molecule has 0 saturated heterocycles. The van der Waals surface area contributed by atoms with Crippen molar-refractivity contribution in [1.82, 2.24) is 0 Å². The number of hydrogen-bond acceptors (Lipinski definition) is 2. The fraction of sp³-hybridized carbons (Fsp3) is 0.600. The van der Waals surface area contributed by atoms with Gasteiger partial charge in [0.05, 0.1) is 0 Å². The van der Waals surface area contributed by atoms with Crippen molar-refractivity contribution < 1.29 is 65.4 Å². The molecule has 10 radical (unpaired) electrons. The van der Waals surface area contributed by atoms with Crippen LogP contribution in [0.1, 0.15) is 95.0 Å². The van der Waals surface area contributed by atoms with Crippen molar-refractivity contribution in [3.8, 4) is 9.75 Å². The molecule has 7 heteroatoms. The van der Waals surface area contributed by atoms with Crippen LogP contribution in [-0.2, 0) is 78.3 Å². The number of hydrogen-bond donors (Lipinski definition) is 0. The van der Waals surface area contributed by atoms with Crippen molar-refractivity contribution >= 4 is 80.9 Å². The van der Waals surface area contributed by atoms with E-state index in [9.17, 15) is 0 Å². The molecule has 2 aromatic rings. The third kappa shape index (κ3) is 11.5. The average Bonchev–Trinajstić information content (AvgIpc) is 3.18. The Bertz CT molecular complexity index is 793. The molecule has 0 N–H and O–H groups in total. The van der Waals surface area contributed by atoms with Crippen molar-refractivity contribution in [1.29, 1.82) is 0 Å². The minimum absolute atomic E-state index is 0. The molecule has 0 bridgehead atoms. The molecule has 0 saturated carbocycles. The minimum atomic E-state index is 0. The molecule has 2 heterocycles. The molecule has 0 amide bonds. The van der Waals surface area contributed by atoms with Gasteiger partial charge in [-0.3, -0.25) is 0 Å². The summed E-state index contributed by atoms with van der Waals surface area (Å²) in [6.45, 7) is 20.5. The van der Waals surface area contributed by atoms with E-state index in [2.05, 4.69) is 87.3 Å². The molecule has 1 unspecified atom stereocenters. The third-order valence-electron chi connectivity index (χ3n) is 5.42. The van der Waals surface area contributed by atoms with Crippen LogP contribution in [0, 0.1) is 30.4 Å². The third-order valence-corrected chi connectivity index (χ3v) is 9.57. The van der Waals surface area contributed by atoms with E-state index >= 15 is 0 Å². The van der Waals surface area contributed by atoms with Crippen molar-refractivity contribution in [2.75, 3.05) is 0 Å². The van der Waals surface area contributed by atoms with Crippen LogP contribution in [-0.4, -0.2) is 58.2 Å². The Kier molecular flexibility index (Phi) is 21.5. The van der Waals surface area contributed by atoms with Crippen LogP contribution < -0.4 is 0 Å². The largest absolute Gasteiger partial charge is 0 e. The summed E-state index contributed by atoms with van der Waals surface area (Å²) in [7, 11) is 0. The second-order valence-electron chi connectivity index (χ2n) is 9.53. The van der Waals surface area contributed by atoms with E-state index in [1.807, 2.05) is 22.7 Å². The Morgan fingerprint density at radius 3 is 1.84 bits per heavy atom. The van der Waals surface area contributed by atoms with Gasteiger partial charge in [-0.2, -0.15) is 0 Å². The standard InChI is InChI=1S/C25H35S2.3Ga.2Y/c1-10-18(7)12-19-13-21(16(3)4)26-24(19)22-14-20(15-25(8,9)11-2)23(27-22)17(5)6;;;;;/h10-11,16-17H,12,15H2,1-9H3;;;;;/q-4;;;;;. The van der Waals surface area contributed by atoms with E-state index < -0.39 is 0 Å². The van der Waals surface area contributed by atoms with Gasteiger partial charge >= 0.3 is 193 Å². The first kappa shape index (κ1) is 40.0. The molecule has 2 rings (SSSR count). The molecule has 0 aliphatic rings. The Labute approximate surface area is 293 Å². The summed E-state index contributed by atoms with van der Waals surface area (Å²) in [6, 6.07) is 7.63. The normalized spacial score (nSPS) is 13.0. The van der Waals surface area contributed by atoms with E-state index in [-0.39, 0.29) is 114 Å². The van der Waals surface area contributed by atoms with E-state index in [0.717, 1.165) is 12.8 Å². The van der Waals surface area contributed by atoms with Crippen molar-refractivity contribution in [3.05, 3.63) is 45.9 Å². The molecule has 32 heavy (non-hydrogen) atoms. The summed E-state index contributed by atoms with van der Waals surface area (Å²) in [4.78, 5) is 5.61. The molecule has 0 aromatic carbocycles. The van der Waals surface area contributed by atoms with Crippen molar-refractivity contribution in [2.24, 2.45) is 5.41 Å². The fourth-order valence-electron chi connectivity index (χ4n) is 3.11. The maximum absolute atomic E-state index is 3.85. The van der Waals surface area contributed by atoms with Gasteiger partial charge in [-0.15, -0.1) is 0 Å². The molecular weight excluding hydrogens is 751 g/mol. The summed E-state index contributed by atoms with van der Waals surface area (Å²) in [5.74, 6) is 1.06. The van der Waals surface area contributed by atoms with Crippen molar-refractivity contribution in [2.45, 2.75) is 91.0 Å². The van der Waals surface area contributed by atoms with Gasteiger partial charge in [0.2, 0.25) is 0 Å². The second kappa shape index (κ2) is 17.2. The van der Waals surface area contributed by atoms with E-state index in [1.165, 1.54) is 30.6 Å². The van der Waals surface area contributed by atoms with Crippen LogP contribution in [0.4, 0.5) is 0 Å². The monoisotopic (exact) mass is 784 g/mol. The Balaban J connectivity index is -0.00000210. The van der Waals surface area contributed by atoms with Crippen LogP contribution in [0.3, 0.4) is 0 Å². The molecule has 166 valence electrons. The maximum Gasteiger partial charge on any atom is 0 e. The molecule has 2 aromatic heterocycles.